The van der Waals surface area contributed by atoms with Gasteiger partial charge in [0.1, 0.15) is 0 Å². The molecule has 1 unspecified atom stereocenters. The van der Waals surface area contributed by atoms with Gasteiger partial charge in [-0.1, -0.05) is 42.0 Å². The highest BCUT2D eigenvalue weighted by Crippen LogP contribution is 2.41. The Bertz CT molecular complexity index is 1570. The summed E-state index contributed by atoms with van der Waals surface area (Å²) in [6.07, 6.45) is -6.79. The number of piperazine rings is 1. The number of fused-ring (bicyclic) bond motifs is 3. The minimum atomic E-state index is -4.73. The first-order valence-electron chi connectivity index (χ1n) is 12.1. The average molecular weight is 602 g/mol. The second kappa shape index (κ2) is 10.3. The zero-order valence-corrected chi connectivity index (χ0v) is 22.2. The van der Waals surface area contributed by atoms with Crippen LogP contribution in [-0.2, 0) is 22.4 Å². The first-order valence-corrected chi connectivity index (χ1v) is 13.9. The van der Waals surface area contributed by atoms with Crippen molar-refractivity contribution in [2.75, 3.05) is 35.4 Å². The van der Waals surface area contributed by atoms with Crippen LogP contribution in [0.4, 0.5) is 37.7 Å². The van der Waals surface area contributed by atoms with Gasteiger partial charge in [-0.15, -0.1) is 0 Å². The largest absolute Gasteiger partial charge is 0.417 e. The summed E-state index contributed by atoms with van der Waals surface area (Å²) < 4.78 is 109. The number of sulfonamides is 1. The topological polar surface area (TPSA) is 52.7 Å². The maximum absolute atomic E-state index is 13.8. The Kier molecular flexibility index (Phi) is 7.30. The highest BCUT2D eigenvalue weighted by molar-refractivity contribution is 7.92. The molecule has 1 N–H and O–H groups in total. The Morgan fingerprint density at radius 1 is 0.900 bits per heavy atom. The number of hydrogen-bond acceptors (Lipinski definition) is 4. The Balaban J connectivity index is 1.59. The van der Waals surface area contributed by atoms with E-state index >= 15 is 0 Å². The van der Waals surface area contributed by atoms with Gasteiger partial charge in [-0.05, 0) is 48.0 Å². The summed E-state index contributed by atoms with van der Waals surface area (Å²) in [6.45, 7) is 1.64. The van der Waals surface area contributed by atoms with Crippen molar-refractivity contribution in [2.45, 2.75) is 23.3 Å². The normalized spacial score (nSPS) is 18.1. The lowest BCUT2D eigenvalue weighted by Gasteiger charge is -2.46. The van der Waals surface area contributed by atoms with E-state index < -0.39 is 38.4 Å². The number of alkyl halides is 6. The molecule has 5 nitrogen and oxygen atoms in total. The quantitative estimate of drug-likeness (QED) is 0.273. The number of benzene rings is 3. The van der Waals surface area contributed by atoms with Crippen LogP contribution in [0.1, 0.15) is 22.3 Å². The molecule has 0 aromatic heterocycles. The number of nitrogens with zero attached hydrogens (tertiary/aromatic N) is 2. The highest BCUT2D eigenvalue weighted by atomic mass is 35.5. The monoisotopic (exact) mass is 601 g/mol. The second-order valence-corrected chi connectivity index (χ2v) is 11.7. The lowest BCUT2D eigenvalue weighted by molar-refractivity contribution is -0.138. The zero-order chi connectivity index (χ0) is 28.9. The van der Waals surface area contributed by atoms with Crippen LogP contribution in [0, 0.1) is 0 Å². The minimum Gasteiger partial charge on any atom is -0.362 e. The van der Waals surface area contributed by atoms with E-state index in [0.717, 1.165) is 28.6 Å². The fourth-order valence-electron chi connectivity index (χ4n) is 4.94. The van der Waals surface area contributed by atoms with Crippen LogP contribution in [0.5, 0.6) is 0 Å². The van der Waals surface area contributed by atoms with E-state index in [1.165, 1.54) is 30.4 Å². The summed E-state index contributed by atoms with van der Waals surface area (Å²) in [6, 6.07) is 11.5. The van der Waals surface area contributed by atoms with E-state index in [1.54, 1.807) is 12.1 Å². The lowest BCUT2D eigenvalue weighted by Crippen LogP contribution is -2.59. The lowest BCUT2D eigenvalue weighted by atomic mass is 10.0. The highest BCUT2D eigenvalue weighted by Gasteiger charge is 2.39. The van der Waals surface area contributed by atoms with Crippen LogP contribution in [0.15, 0.2) is 65.6 Å². The van der Waals surface area contributed by atoms with Crippen LogP contribution in [0.3, 0.4) is 0 Å². The minimum absolute atomic E-state index is 0.0333. The van der Waals surface area contributed by atoms with Crippen molar-refractivity contribution < 1.29 is 34.8 Å². The van der Waals surface area contributed by atoms with Crippen LogP contribution in [0.25, 0.3) is 12.2 Å². The summed E-state index contributed by atoms with van der Waals surface area (Å²) in [7, 11) is -4.44. The van der Waals surface area contributed by atoms with Gasteiger partial charge in [0.05, 0.1) is 40.0 Å². The first kappa shape index (κ1) is 28.3. The molecule has 40 heavy (non-hydrogen) atoms. The summed E-state index contributed by atoms with van der Waals surface area (Å²) >= 11 is 6.06. The Hall–Kier alpha value is -3.22. The number of rotatable bonds is 4. The molecular weight excluding hydrogens is 580 g/mol. The molecule has 2 aliphatic rings. The van der Waals surface area contributed by atoms with Crippen molar-refractivity contribution in [1.82, 2.24) is 5.32 Å². The van der Waals surface area contributed by atoms with Crippen molar-refractivity contribution >= 4 is 45.2 Å². The molecule has 0 spiro atoms. The molecule has 3 aromatic carbocycles. The van der Waals surface area contributed by atoms with E-state index in [9.17, 15) is 34.8 Å². The van der Waals surface area contributed by atoms with Crippen molar-refractivity contribution in [1.29, 1.82) is 0 Å². The zero-order valence-electron chi connectivity index (χ0n) is 20.6. The molecule has 0 saturated carbocycles. The maximum Gasteiger partial charge on any atom is 0.417 e. The van der Waals surface area contributed by atoms with Crippen molar-refractivity contribution in [3.05, 3.63) is 87.9 Å². The van der Waals surface area contributed by atoms with Gasteiger partial charge in [0.2, 0.25) is 0 Å². The third-order valence-electron chi connectivity index (χ3n) is 6.85. The SMILES string of the molecule is O=S(=O)(c1cccc(C(F)(F)F)c1)N1CC2CNCCN2c2ccc(/C=C/c3c(Cl)cccc3C(F)(F)F)cc21. The summed E-state index contributed by atoms with van der Waals surface area (Å²) in [5.74, 6) is 0. The molecule has 0 amide bonds. The number of halogens is 7. The number of anilines is 2. The van der Waals surface area contributed by atoms with E-state index in [4.69, 9.17) is 11.6 Å². The van der Waals surface area contributed by atoms with Gasteiger partial charge >= 0.3 is 12.4 Å². The molecule has 2 heterocycles. The standard InChI is InChI=1S/C27H22ClF6N3O2S/c28-23-6-2-5-22(27(32,33)34)21(23)9-7-17-8-10-24-25(13-17)37(16-19-15-35-11-12-36(19)24)40(38,39)20-4-1-3-18(14-20)26(29,30)31/h1-10,13-14,19,35H,11-12,15-16H2/b9-7+. The smallest absolute Gasteiger partial charge is 0.362 e. The van der Waals surface area contributed by atoms with Crippen LogP contribution < -0.4 is 14.5 Å². The molecule has 1 atom stereocenters. The molecule has 1 fully saturated rings. The number of nitrogens with one attached hydrogen (secondary N) is 1. The van der Waals surface area contributed by atoms with Gasteiger partial charge in [0.15, 0.2) is 0 Å². The number of hydrogen-bond donors (Lipinski definition) is 1. The molecule has 212 valence electrons. The van der Waals surface area contributed by atoms with Crippen LogP contribution in [0.2, 0.25) is 5.02 Å². The summed E-state index contributed by atoms with van der Waals surface area (Å²) in [5.41, 5.74) is -1.11. The molecule has 0 aliphatic carbocycles. The Morgan fingerprint density at radius 2 is 1.65 bits per heavy atom. The third-order valence-corrected chi connectivity index (χ3v) is 8.96. The predicted molar refractivity (Wildman–Crippen MR) is 142 cm³/mol. The molecular formula is C27H22ClF6N3O2S. The summed E-state index contributed by atoms with van der Waals surface area (Å²) in [4.78, 5) is 1.50. The van der Waals surface area contributed by atoms with E-state index in [-0.39, 0.29) is 28.9 Å². The third kappa shape index (κ3) is 5.39. The Morgan fingerprint density at radius 3 is 2.38 bits per heavy atom. The Labute approximate surface area is 231 Å². The van der Waals surface area contributed by atoms with Crippen molar-refractivity contribution in [3.63, 3.8) is 0 Å². The maximum atomic E-state index is 13.8. The van der Waals surface area contributed by atoms with E-state index in [2.05, 4.69) is 5.32 Å². The second-order valence-electron chi connectivity index (χ2n) is 9.39. The van der Waals surface area contributed by atoms with Crippen molar-refractivity contribution in [2.24, 2.45) is 0 Å². The van der Waals surface area contributed by atoms with Gasteiger partial charge < -0.3 is 10.2 Å². The molecule has 0 radical (unpaired) electrons. The van der Waals surface area contributed by atoms with Gasteiger partial charge in [0, 0.05) is 30.2 Å². The van der Waals surface area contributed by atoms with Gasteiger partial charge in [0.25, 0.3) is 10.0 Å². The van der Waals surface area contributed by atoms with Crippen LogP contribution >= 0.6 is 11.6 Å². The molecule has 0 bridgehead atoms. The van der Waals surface area contributed by atoms with Crippen LogP contribution in [-0.4, -0.2) is 40.6 Å². The predicted octanol–water partition coefficient (Wildman–Crippen LogP) is 6.54. The molecule has 3 aromatic rings. The molecule has 5 rings (SSSR count). The van der Waals surface area contributed by atoms with E-state index in [1.807, 2.05) is 4.90 Å². The average Bonchev–Trinajstić information content (AvgIpc) is 2.90. The van der Waals surface area contributed by atoms with Gasteiger partial charge in [-0.3, -0.25) is 4.31 Å². The molecule has 1 saturated heterocycles. The van der Waals surface area contributed by atoms with Gasteiger partial charge in [-0.2, -0.15) is 26.3 Å². The van der Waals surface area contributed by atoms with Crippen molar-refractivity contribution in [3.8, 4) is 0 Å². The van der Waals surface area contributed by atoms with Gasteiger partial charge in [-0.25, -0.2) is 8.42 Å². The summed E-state index contributed by atoms with van der Waals surface area (Å²) in [5, 5.41) is 3.09. The molecule has 2 aliphatic heterocycles. The first-order chi connectivity index (χ1) is 18.8. The van der Waals surface area contributed by atoms with E-state index in [0.29, 0.717) is 37.0 Å². The fourth-order valence-corrected chi connectivity index (χ4v) is 6.73. The molecule has 13 heteroatoms. The fraction of sp³-hybridized carbons (Fsp3) is 0.259.